The first-order valence-corrected chi connectivity index (χ1v) is 9.20. The number of hydrogen-bond donors (Lipinski definition) is 1. The Bertz CT molecular complexity index is 1070. The number of fused-ring (bicyclic) bond motifs is 1. The van der Waals surface area contributed by atoms with Crippen molar-refractivity contribution >= 4 is 44.3 Å². The van der Waals surface area contributed by atoms with Gasteiger partial charge in [0.15, 0.2) is 11.4 Å². The molecule has 0 aliphatic rings. The minimum atomic E-state index is -0.336. The predicted molar refractivity (Wildman–Crippen MR) is 105 cm³/mol. The Kier molecular flexibility index (Phi) is 5.50. The molecule has 3 rings (SSSR count). The van der Waals surface area contributed by atoms with Gasteiger partial charge in [0, 0.05) is 24.7 Å². The summed E-state index contributed by atoms with van der Waals surface area (Å²) < 4.78 is 3.15. The number of nitrogens with one attached hydrogen (secondary N) is 1. The van der Waals surface area contributed by atoms with Gasteiger partial charge in [-0.25, -0.2) is 9.67 Å². The Labute approximate surface area is 163 Å². The number of ketones is 1. The molecule has 8 nitrogen and oxygen atoms in total. The molecule has 0 fully saturated rings. The van der Waals surface area contributed by atoms with E-state index < -0.39 is 0 Å². The molecule has 2 heterocycles. The zero-order valence-corrected chi connectivity index (χ0v) is 16.5. The van der Waals surface area contributed by atoms with Crippen LogP contribution in [-0.4, -0.2) is 31.0 Å². The van der Waals surface area contributed by atoms with Crippen molar-refractivity contribution < 1.29 is 9.59 Å². The maximum Gasteiger partial charge on any atom is 0.266 e. The van der Waals surface area contributed by atoms with Crippen molar-refractivity contribution in [2.45, 2.75) is 26.3 Å². The van der Waals surface area contributed by atoms with Crippen LogP contribution in [0.4, 0.5) is 5.69 Å². The molecule has 0 unspecified atom stereocenters. The number of aryl methyl sites for hydroxylation is 1. The van der Waals surface area contributed by atoms with Gasteiger partial charge in [-0.05, 0) is 46.6 Å². The third kappa shape index (κ3) is 3.97. The van der Waals surface area contributed by atoms with Crippen LogP contribution in [0.2, 0.25) is 0 Å². The second kappa shape index (κ2) is 7.83. The highest BCUT2D eigenvalue weighted by Gasteiger charge is 2.15. The second-order valence-electron chi connectivity index (χ2n) is 6.09. The van der Waals surface area contributed by atoms with Crippen LogP contribution in [0.15, 0.2) is 40.0 Å². The van der Waals surface area contributed by atoms with E-state index in [9.17, 15) is 14.4 Å². The maximum absolute atomic E-state index is 12.6. The maximum atomic E-state index is 12.6. The van der Waals surface area contributed by atoms with Gasteiger partial charge in [-0.15, -0.1) is 0 Å². The van der Waals surface area contributed by atoms with E-state index in [1.807, 2.05) is 6.92 Å². The van der Waals surface area contributed by atoms with E-state index in [0.29, 0.717) is 33.3 Å². The molecule has 9 heteroatoms. The number of nitrogens with zero attached hydrogens (tertiary/aromatic N) is 4. The molecule has 1 amide bonds. The van der Waals surface area contributed by atoms with Crippen molar-refractivity contribution in [2.75, 3.05) is 5.32 Å². The van der Waals surface area contributed by atoms with E-state index >= 15 is 0 Å². The van der Waals surface area contributed by atoms with Gasteiger partial charge in [-0.3, -0.25) is 19.0 Å². The van der Waals surface area contributed by atoms with Crippen LogP contribution in [0, 0.1) is 0 Å². The lowest BCUT2D eigenvalue weighted by Crippen LogP contribution is -2.24. The third-order valence-corrected chi connectivity index (χ3v) is 4.61. The van der Waals surface area contributed by atoms with Crippen molar-refractivity contribution in [1.29, 1.82) is 0 Å². The average molecular weight is 432 g/mol. The molecular weight excluding hydrogens is 414 g/mol. The molecule has 0 radical (unpaired) electrons. The highest BCUT2D eigenvalue weighted by Crippen LogP contribution is 2.17. The Balaban J connectivity index is 1.78. The van der Waals surface area contributed by atoms with Crippen LogP contribution in [0.1, 0.15) is 30.1 Å². The summed E-state index contributed by atoms with van der Waals surface area (Å²) in [4.78, 5) is 40.9. The Hall–Kier alpha value is -2.81. The molecule has 0 aliphatic carbocycles. The van der Waals surface area contributed by atoms with Crippen molar-refractivity contribution in [3.8, 4) is 0 Å². The van der Waals surface area contributed by atoms with Crippen LogP contribution in [0.25, 0.3) is 11.0 Å². The Morgan fingerprint density at radius 2 is 1.93 bits per heavy atom. The average Bonchev–Trinajstić information content (AvgIpc) is 2.92. The molecule has 0 bridgehead atoms. The number of Topliss-reactive ketones (excluding diaryl/α,β-unsaturated/α-hetero) is 1. The van der Waals surface area contributed by atoms with E-state index in [-0.39, 0.29) is 23.8 Å². The molecule has 0 aliphatic heterocycles. The number of anilines is 1. The third-order valence-electron chi connectivity index (χ3n) is 4.05. The SMILES string of the molecule is CCCC(=O)Nc1ccc(C(=O)Cn2cnc3c(c(Br)nn3C)c2=O)cc1. The number of rotatable bonds is 6. The Morgan fingerprint density at radius 1 is 1.22 bits per heavy atom. The minimum Gasteiger partial charge on any atom is -0.326 e. The van der Waals surface area contributed by atoms with Gasteiger partial charge in [0.05, 0.1) is 6.54 Å². The van der Waals surface area contributed by atoms with E-state index in [1.165, 1.54) is 15.6 Å². The lowest BCUT2D eigenvalue weighted by molar-refractivity contribution is -0.116. The molecule has 0 saturated carbocycles. The predicted octanol–water partition coefficient (Wildman–Crippen LogP) is 2.51. The molecule has 0 atom stereocenters. The van der Waals surface area contributed by atoms with Crippen molar-refractivity contribution in [3.63, 3.8) is 0 Å². The van der Waals surface area contributed by atoms with Crippen LogP contribution in [-0.2, 0) is 18.4 Å². The van der Waals surface area contributed by atoms with Gasteiger partial charge < -0.3 is 5.32 Å². The number of carbonyl (C=O) groups is 2. The monoisotopic (exact) mass is 431 g/mol. The Morgan fingerprint density at radius 3 is 2.59 bits per heavy atom. The molecular formula is C18H18BrN5O3. The van der Waals surface area contributed by atoms with Gasteiger partial charge in [0.1, 0.15) is 16.3 Å². The highest BCUT2D eigenvalue weighted by atomic mass is 79.9. The van der Waals surface area contributed by atoms with Crippen LogP contribution in [0.3, 0.4) is 0 Å². The summed E-state index contributed by atoms with van der Waals surface area (Å²) in [5.41, 5.74) is 1.19. The van der Waals surface area contributed by atoms with Gasteiger partial charge in [-0.1, -0.05) is 6.92 Å². The van der Waals surface area contributed by atoms with Gasteiger partial charge in [0.2, 0.25) is 5.91 Å². The smallest absolute Gasteiger partial charge is 0.266 e. The van der Waals surface area contributed by atoms with E-state index in [0.717, 1.165) is 6.42 Å². The highest BCUT2D eigenvalue weighted by molar-refractivity contribution is 9.10. The molecule has 140 valence electrons. The first-order valence-electron chi connectivity index (χ1n) is 8.41. The number of hydrogen-bond acceptors (Lipinski definition) is 5. The molecule has 2 aromatic heterocycles. The first kappa shape index (κ1) is 19.0. The first-order chi connectivity index (χ1) is 12.9. The minimum absolute atomic E-state index is 0.0652. The zero-order valence-electron chi connectivity index (χ0n) is 14.9. The lowest BCUT2D eigenvalue weighted by Gasteiger charge is -2.07. The van der Waals surface area contributed by atoms with Gasteiger partial charge in [0.25, 0.3) is 5.56 Å². The summed E-state index contributed by atoms with van der Waals surface area (Å²) in [6, 6.07) is 6.59. The van der Waals surface area contributed by atoms with Crippen molar-refractivity contribution in [1.82, 2.24) is 19.3 Å². The molecule has 0 saturated heterocycles. The lowest BCUT2D eigenvalue weighted by atomic mass is 10.1. The topological polar surface area (TPSA) is 98.9 Å². The number of amides is 1. The second-order valence-corrected chi connectivity index (χ2v) is 6.84. The summed E-state index contributed by atoms with van der Waals surface area (Å²) in [5, 5.41) is 7.22. The summed E-state index contributed by atoms with van der Waals surface area (Å²) in [5.74, 6) is -0.297. The van der Waals surface area contributed by atoms with E-state index in [4.69, 9.17) is 0 Å². The van der Waals surface area contributed by atoms with Crippen LogP contribution in [0.5, 0.6) is 0 Å². The summed E-state index contributed by atoms with van der Waals surface area (Å²) in [6.45, 7) is 1.80. The molecule has 1 N–H and O–H groups in total. The normalized spacial score (nSPS) is 10.9. The zero-order chi connectivity index (χ0) is 19.6. The largest absolute Gasteiger partial charge is 0.326 e. The summed E-state index contributed by atoms with van der Waals surface area (Å²) in [7, 11) is 1.69. The molecule has 0 spiro atoms. The number of halogens is 1. The molecule has 27 heavy (non-hydrogen) atoms. The van der Waals surface area contributed by atoms with Gasteiger partial charge in [-0.2, -0.15) is 5.10 Å². The van der Waals surface area contributed by atoms with E-state index in [2.05, 4.69) is 31.3 Å². The molecule has 3 aromatic rings. The van der Waals surface area contributed by atoms with Crippen LogP contribution < -0.4 is 10.9 Å². The van der Waals surface area contributed by atoms with Crippen molar-refractivity contribution in [3.05, 3.63) is 51.1 Å². The number of aromatic nitrogens is 4. The number of carbonyl (C=O) groups excluding carboxylic acids is 2. The fraction of sp³-hybridized carbons (Fsp3) is 0.278. The van der Waals surface area contributed by atoms with Gasteiger partial charge >= 0.3 is 0 Å². The standard InChI is InChI=1S/C18H18BrN5O3/c1-3-4-14(26)21-12-7-5-11(6-8-12)13(25)9-24-10-20-17-15(18(24)27)16(19)22-23(17)2/h5-8,10H,3-4,9H2,1-2H3,(H,21,26). The fourth-order valence-electron chi connectivity index (χ4n) is 2.68. The van der Waals surface area contributed by atoms with Crippen LogP contribution >= 0.6 is 15.9 Å². The fourth-order valence-corrected chi connectivity index (χ4v) is 3.27. The van der Waals surface area contributed by atoms with E-state index in [1.54, 1.807) is 31.3 Å². The van der Waals surface area contributed by atoms with Crippen molar-refractivity contribution in [2.24, 2.45) is 7.05 Å². The summed E-state index contributed by atoms with van der Waals surface area (Å²) in [6.07, 6.45) is 2.56. The molecule has 1 aromatic carbocycles. The number of benzene rings is 1. The summed E-state index contributed by atoms with van der Waals surface area (Å²) >= 11 is 3.25. The quantitative estimate of drug-likeness (QED) is 0.604.